The Labute approximate surface area is 102 Å². The maximum atomic E-state index is 8.86. The quantitative estimate of drug-likeness (QED) is 0.781. The van der Waals surface area contributed by atoms with Gasteiger partial charge in [-0.2, -0.15) is 5.26 Å². The monoisotopic (exact) mass is 234 g/mol. The molecule has 1 aromatic carbocycles. The van der Waals surface area contributed by atoms with Crippen molar-refractivity contribution in [1.29, 1.82) is 5.26 Å². The summed E-state index contributed by atoms with van der Waals surface area (Å²) < 4.78 is 5.14. The molecule has 1 atom stereocenters. The minimum atomic E-state index is 0.185. The van der Waals surface area contributed by atoms with Gasteiger partial charge in [-0.25, -0.2) is 0 Å². The second-order valence-electron chi connectivity index (χ2n) is 3.94. The topological polar surface area (TPSA) is 65.3 Å². The molecule has 0 amide bonds. The maximum absolute atomic E-state index is 8.86. The van der Waals surface area contributed by atoms with Crippen molar-refractivity contribution in [2.24, 2.45) is 0 Å². The molecule has 0 aliphatic rings. The van der Waals surface area contributed by atoms with Crippen molar-refractivity contribution in [3.8, 4) is 11.8 Å². The van der Waals surface area contributed by atoms with Crippen LogP contribution in [0.5, 0.6) is 5.75 Å². The van der Waals surface area contributed by atoms with Gasteiger partial charge in [0.1, 0.15) is 11.8 Å². The van der Waals surface area contributed by atoms with Gasteiger partial charge in [0, 0.05) is 19.2 Å². The van der Waals surface area contributed by atoms with Gasteiger partial charge in [-0.15, -0.1) is 0 Å². The summed E-state index contributed by atoms with van der Waals surface area (Å²) in [5.41, 5.74) is 1.60. The Morgan fingerprint density at radius 1 is 1.53 bits per heavy atom. The third kappa shape index (κ3) is 4.06. The number of nitrogens with zero attached hydrogens (tertiary/aromatic N) is 1. The van der Waals surface area contributed by atoms with Crippen LogP contribution in [-0.2, 0) is 6.54 Å². The lowest BCUT2D eigenvalue weighted by Gasteiger charge is -2.13. The Hall–Kier alpha value is -1.57. The maximum Gasteiger partial charge on any atom is 0.136 e. The third-order valence-corrected chi connectivity index (χ3v) is 2.60. The molecule has 0 fully saturated rings. The first-order valence-corrected chi connectivity index (χ1v) is 5.62. The van der Waals surface area contributed by atoms with Gasteiger partial charge in [0.25, 0.3) is 0 Å². The molecule has 0 aliphatic carbocycles. The number of ether oxygens (including phenoxy) is 1. The van der Waals surface area contributed by atoms with Crippen molar-refractivity contribution in [3.63, 3.8) is 0 Å². The number of methoxy groups -OCH3 is 1. The number of nitriles is 1. The number of aliphatic hydroxyl groups is 1. The van der Waals surface area contributed by atoms with Crippen molar-refractivity contribution in [2.75, 3.05) is 13.7 Å². The van der Waals surface area contributed by atoms with E-state index in [0.29, 0.717) is 17.9 Å². The Bertz CT molecular complexity index is 399. The van der Waals surface area contributed by atoms with E-state index in [-0.39, 0.29) is 12.6 Å². The predicted molar refractivity (Wildman–Crippen MR) is 65.7 cm³/mol. The first-order valence-electron chi connectivity index (χ1n) is 5.62. The Balaban J connectivity index is 2.64. The lowest BCUT2D eigenvalue weighted by atomic mass is 10.1. The van der Waals surface area contributed by atoms with Crippen LogP contribution in [-0.4, -0.2) is 24.9 Å². The molecule has 0 heterocycles. The molecular weight excluding hydrogens is 216 g/mol. The van der Waals surface area contributed by atoms with Crippen LogP contribution in [0.2, 0.25) is 0 Å². The minimum absolute atomic E-state index is 0.185. The zero-order valence-electron chi connectivity index (χ0n) is 10.2. The van der Waals surface area contributed by atoms with Crippen molar-refractivity contribution < 1.29 is 9.84 Å². The van der Waals surface area contributed by atoms with Crippen LogP contribution in [0.3, 0.4) is 0 Å². The summed E-state index contributed by atoms with van der Waals surface area (Å²) in [7, 11) is 1.56. The zero-order chi connectivity index (χ0) is 12.7. The van der Waals surface area contributed by atoms with E-state index in [2.05, 4.69) is 11.4 Å². The highest BCUT2D eigenvalue weighted by atomic mass is 16.5. The van der Waals surface area contributed by atoms with Crippen LogP contribution >= 0.6 is 0 Å². The predicted octanol–water partition coefficient (Wildman–Crippen LogP) is 1.43. The molecule has 0 aromatic heterocycles. The molecule has 92 valence electrons. The highest BCUT2D eigenvalue weighted by Crippen LogP contribution is 2.19. The van der Waals surface area contributed by atoms with Gasteiger partial charge in [0.05, 0.1) is 12.7 Å². The number of benzene rings is 1. The van der Waals surface area contributed by atoms with Gasteiger partial charge in [0.15, 0.2) is 0 Å². The van der Waals surface area contributed by atoms with Crippen LogP contribution < -0.4 is 10.1 Å². The van der Waals surface area contributed by atoms with Crippen LogP contribution in [0.4, 0.5) is 0 Å². The number of hydrogen-bond donors (Lipinski definition) is 2. The van der Waals surface area contributed by atoms with Crippen LogP contribution in [0.25, 0.3) is 0 Å². The largest absolute Gasteiger partial charge is 0.495 e. The van der Waals surface area contributed by atoms with Crippen LogP contribution in [0.15, 0.2) is 18.2 Å². The summed E-state index contributed by atoms with van der Waals surface area (Å²) in [5, 5.41) is 20.9. The normalized spacial score (nSPS) is 11.9. The molecule has 4 nitrogen and oxygen atoms in total. The van der Waals surface area contributed by atoms with Gasteiger partial charge in [-0.05, 0) is 31.0 Å². The van der Waals surface area contributed by atoms with Crippen LogP contribution in [0.1, 0.15) is 24.5 Å². The molecule has 17 heavy (non-hydrogen) atoms. The second-order valence-corrected chi connectivity index (χ2v) is 3.94. The average molecular weight is 234 g/mol. The minimum Gasteiger partial charge on any atom is -0.495 e. The van der Waals surface area contributed by atoms with E-state index in [9.17, 15) is 0 Å². The highest BCUT2D eigenvalue weighted by molar-refractivity contribution is 5.45. The summed E-state index contributed by atoms with van der Waals surface area (Å²) in [6.07, 6.45) is 0.730. The fraction of sp³-hybridized carbons (Fsp3) is 0.462. The van der Waals surface area contributed by atoms with E-state index < -0.39 is 0 Å². The van der Waals surface area contributed by atoms with Crippen molar-refractivity contribution >= 4 is 0 Å². The van der Waals surface area contributed by atoms with Gasteiger partial charge in [0.2, 0.25) is 0 Å². The fourth-order valence-electron chi connectivity index (χ4n) is 1.53. The Kier molecular flexibility index (Phi) is 5.47. The third-order valence-electron chi connectivity index (χ3n) is 2.60. The summed E-state index contributed by atoms with van der Waals surface area (Å²) in [4.78, 5) is 0. The van der Waals surface area contributed by atoms with E-state index in [1.165, 1.54) is 0 Å². The summed E-state index contributed by atoms with van der Waals surface area (Å²) in [6.45, 7) is 2.91. The SMILES string of the molecule is COc1cc(CNC(C)CCO)ccc1C#N. The lowest BCUT2D eigenvalue weighted by Crippen LogP contribution is -2.26. The summed E-state index contributed by atoms with van der Waals surface area (Å²) in [6, 6.07) is 7.86. The number of hydrogen-bond acceptors (Lipinski definition) is 4. The molecule has 0 saturated carbocycles. The van der Waals surface area contributed by atoms with E-state index in [0.717, 1.165) is 12.0 Å². The van der Waals surface area contributed by atoms with Gasteiger partial charge >= 0.3 is 0 Å². The number of aliphatic hydroxyl groups excluding tert-OH is 1. The fourth-order valence-corrected chi connectivity index (χ4v) is 1.53. The van der Waals surface area contributed by atoms with Gasteiger partial charge in [-0.1, -0.05) is 6.07 Å². The molecule has 0 aliphatic heterocycles. The van der Waals surface area contributed by atoms with Crippen molar-refractivity contribution in [1.82, 2.24) is 5.32 Å². The molecule has 1 rings (SSSR count). The molecule has 0 radical (unpaired) electrons. The Morgan fingerprint density at radius 2 is 2.29 bits per heavy atom. The van der Waals surface area contributed by atoms with Crippen molar-refractivity contribution in [3.05, 3.63) is 29.3 Å². The highest BCUT2D eigenvalue weighted by Gasteiger charge is 2.05. The van der Waals surface area contributed by atoms with Gasteiger partial charge < -0.3 is 15.2 Å². The van der Waals surface area contributed by atoms with Crippen LogP contribution in [0, 0.1) is 11.3 Å². The van der Waals surface area contributed by atoms with Gasteiger partial charge in [-0.3, -0.25) is 0 Å². The average Bonchev–Trinajstić information content (AvgIpc) is 2.36. The Morgan fingerprint density at radius 3 is 2.88 bits per heavy atom. The molecule has 0 bridgehead atoms. The zero-order valence-corrected chi connectivity index (χ0v) is 10.2. The van der Waals surface area contributed by atoms with Crippen molar-refractivity contribution in [2.45, 2.75) is 25.9 Å². The smallest absolute Gasteiger partial charge is 0.136 e. The lowest BCUT2D eigenvalue weighted by molar-refractivity contribution is 0.268. The molecule has 1 aromatic rings. The summed E-state index contributed by atoms with van der Waals surface area (Å²) in [5.74, 6) is 0.599. The first kappa shape index (κ1) is 13.5. The molecule has 4 heteroatoms. The molecule has 0 spiro atoms. The van der Waals surface area contributed by atoms with E-state index in [4.69, 9.17) is 15.1 Å². The number of rotatable bonds is 6. The number of nitrogens with one attached hydrogen (secondary N) is 1. The second kappa shape index (κ2) is 6.89. The van der Waals surface area contributed by atoms with E-state index in [1.54, 1.807) is 13.2 Å². The van der Waals surface area contributed by atoms with E-state index in [1.807, 2.05) is 19.1 Å². The molecule has 1 unspecified atom stereocenters. The molecule has 0 saturated heterocycles. The standard InChI is InChI=1S/C13H18N2O2/c1-10(5-6-16)15-9-11-3-4-12(8-14)13(7-11)17-2/h3-4,7,10,15-16H,5-6,9H2,1-2H3. The van der Waals surface area contributed by atoms with E-state index >= 15 is 0 Å². The first-order chi connectivity index (χ1) is 8.21. The molecular formula is C13H18N2O2. The summed E-state index contributed by atoms with van der Waals surface area (Å²) >= 11 is 0. The molecule has 2 N–H and O–H groups in total.